The van der Waals surface area contributed by atoms with Crippen LogP contribution in [-0.2, 0) is 0 Å². The van der Waals surface area contributed by atoms with Gasteiger partial charge >= 0.3 is 6.03 Å². The van der Waals surface area contributed by atoms with E-state index >= 15 is 0 Å². The SMILES string of the molecule is CN(C(=O)NCCCN1C(=O)c2ccc(Br)cc2C1=O)c1ccccc1. The van der Waals surface area contributed by atoms with Gasteiger partial charge in [0.15, 0.2) is 0 Å². The first kappa shape index (κ1) is 18.1. The minimum atomic E-state index is -0.293. The molecule has 6 nitrogen and oxygen atoms in total. The monoisotopic (exact) mass is 415 g/mol. The number of halogens is 1. The molecule has 1 heterocycles. The van der Waals surface area contributed by atoms with Gasteiger partial charge in [0.25, 0.3) is 11.8 Å². The van der Waals surface area contributed by atoms with Crippen molar-refractivity contribution in [2.75, 3.05) is 25.0 Å². The largest absolute Gasteiger partial charge is 0.338 e. The second-order valence-electron chi connectivity index (χ2n) is 5.93. The Morgan fingerprint density at radius 3 is 2.50 bits per heavy atom. The Bertz CT molecular complexity index is 854. The van der Waals surface area contributed by atoms with Crippen molar-refractivity contribution in [1.82, 2.24) is 10.2 Å². The number of fused-ring (bicyclic) bond motifs is 1. The van der Waals surface area contributed by atoms with Crippen molar-refractivity contribution in [2.45, 2.75) is 6.42 Å². The Kier molecular flexibility index (Phi) is 5.37. The average molecular weight is 416 g/mol. The van der Waals surface area contributed by atoms with Crippen molar-refractivity contribution in [2.24, 2.45) is 0 Å². The van der Waals surface area contributed by atoms with E-state index in [0.717, 1.165) is 10.2 Å². The van der Waals surface area contributed by atoms with Gasteiger partial charge in [-0.05, 0) is 36.8 Å². The van der Waals surface area contributed by atoms with Gasteiger partial charge in [-0.2, -0.15) is 0 Å². The molecule has 1 N–H and O–H groups in total. The quantitative estimate of drug-likeness (QED) is 0.601. The standard InChI is InChI=1S/C19H18BrN3O3/c1-22(14-6-3-2-4-7-14)19(26)21-10-5-11-23-17(24)15-9-8-13(20)12-16(15)18(23)25/h2-4,6-9,12H,5,10-11H2,1H3,(H,21,26). The molecular weight excluding hydrogens is 398 g/mol. The molecule has 0 aliphatic carbocycles. The molecule has 0 saturated heterocycles. The van der Waals surface area contributed by atoms with Gasteiger partial charge in [-0.15, -0.1) is 0 Å². The molecule has 2 aromatic rings. The van der Waals surface area contributed by atoms with Gasteiger partial charge in [0.05, 0.1) is 11.1 Å². The molecule has 1 aliphatic heterocycles. The van der Waals surface area contributed by atoms with E-state index in [1.165, 1.54) is 9.80 Å². The number of amides is 4. The minimum absolute atomic E-state index is 0.234. The normalized spacial score (nSPS) is 12.9. The molecular formula is C19H18BrN3O3. The van der Waals surface area contributed by atoms with Crippen LogP contribution >= 0.6 is 15.9 Å². The Labute approximate surface area is 159 Å². The van der Waals surface area contributed by atoms with Crippen LogP contribution in [0.1, 0.15) is 27.1 Å². The number of carbonyl (C=O) groups is 3. The van der Waals surface area contributed by atoms with E-state index < -0.39 is 0 Å². The molecule has 0 fully saturated rings. The molecule has 0 saturated carbocycles. The van der Waals surface area contributed by atoms with Crippen molar-refractivity contribution < 1.29 is 14.4 Å². The molecule has 0 aromatic heterocycles. The maximum atomic E-state index is 12.4. The predicted octanol–water partition coefficient (Wildman–Crippen LogP) is 3.28. The summed E-state index contributed by atoms with van der Waals surface area (Å²) in [6.45, 7) is 0.631. The second-order valence-corrected chi connectivity index (χ2v) is 6.85. The topological polar surface area (TPSA) is 69.7 Å². The van der Waals surface area contributed by atoms with Crippen molar-refractivity contribution >= 4 is 39.5 Å². The van der Waals surface area contributed by atoms with E-state index in [0.29, 0.717) is 24.1 Å². The highest BCUT2D eigenvalue weighted by atomic mass is 79.9. The Morgan fingerprint density at radius 1 is 1.08 bits per heavy atom. The van der Waals surface area contributed by atoms with Crippen LogP contribution in [0.5, 0.6) is 0 Å². The smallest absolute Gasteiger partial charge is 0.321 e. The summed E-state index contributed by atoms with van der Waals surface area (Å²) in [7, 11) is 1.69. The van der Waals surface area contributed by atoms with E-state index in [1.54, 1.807) is 25.2 Å². The summed E-state index contributed by atoms with van der Waals surface area (Å²) in [4.78, 5) is 39.6. The lowest BCUT2D eigenvalue weighted by Gasteiger charge is -2.19. The Morgan fingerprint density at radius 2 is 1.77 bits per heavy atom. The van der Waals surface area contributed by atoms with Crippen LogP contribution in [0.3, 0.4) is 0 Å². The third-order valence-corrected chi connectivity index (χ3v) is 4.71. The van der Waals surface area contributed by atoms with Crippen LogP contribution in [0.15, 0.2) is 53.0 Å². The lowest BCUT2D eigenvalue weighted by Crippen LogP contribution is -2.39. The predicted molar refractivity (Wildman–Crippen MR) is 102 cm³/mol. The Balaban J connectivity index is 1.51. The summed E-state index contributed by atoms with van der Waals surface area (Å²) in [6, 6.07) is 14.1. The summed E-state index contributed by atoms with van der Waals surface area (Å²) >= 11 is 3.31. The number of rotatable bonds is 5. The van der Waals surface area contributed by atoms with Crippen molar-refractivity contribution in [3.05, 3.63) is 64.1 Å². The van der Waals surface area contributed by atoms with Crippen LogP contribution in [-0.4, -0.2) is 42.9 Å². The molecule has 0 unspecified atom stereocenters. The number of hydrogen-bond acceptors (Lipinski definition) is 3. The zero-order valence-corrected chi connectivity index (χ0v) is 15.8. The lowest BCUT2D eigenvalue weighted by atomic mass is 10.1. The zero-order chi connectivity index (χ0) is 18.7. The molecule has 1 aliphatic rings. The third kappa shape index (κ3) is 3.62. The fourth-order valence-electron chi connectivity index (χ4n) is 2.79. The van der Waals surface area contributed by atoms with Crippen molar-refractivity contribution in [3.63, 3.8) is 0 Å². The number of carbonyl (C=O) groups excluding carboxylic acids is 3. The van der Waals surface area contributed by atoms with Crippen LogP contribution in [0.4, 0.5) is 10.5 Å². The van der Waals surface area contributed by atoms with Crippen molar-refractivity contribution in [3.8, 4) is 0 Å². The van der Waals surface area contributed by atoms with E-state index in [1.807, 2.05) is 30.3 Å². The highest BCUT2D eigenvalue weighted by Crippen LogP contribution is 2.26. The van der Waals surface area contributed by atoms with Gasteiger partial charge in [0, 0.05) is 30.3 Å². The molecule has 0 atom stereocenters. The molecule has 2 aromatic carbocycles. The first-order valence-electron chi connectivity index (χ1n) is 8.21. The summed E-state index contributed by atoms with van der Waals surface area (Å²) in [5.41, 5.74) is 1.62. The molecule has 7 heteroatoms. The van der Waals surface area contributed by atoms with Gasteiger partial charge in [0.1, 0.15) is 0 Å². The summed E-state index contributed by atoms with van der Waals surface area (Å²) in [5.74, 6) is -0.579. The summed E-state index contributed by atoms with van der Waals surface area (Å²) < 4.78 is 0.760. The lowest BCUT2D eigenvalue weighted by molar-refractivity contribution is 0.0653. The Hall–Kier alpha value is -2.67. The maximum absolute atomic E-state index is 12.4. The second kappa shape index (κ2) is 7.70. The fourth-order valence-corrected chi connectivity index (χ4v) is 3.15. The molecule has 0 spiro atoms. The van der Waals surface area contributed by atoms with Crippen LogP contribution in [0.2, 0.25) is 0 Å². The highest BCUT2D eigenvalue weighted by molar-refractivity contribution is 9.10. The van der Waals surface area contributed by atoms with Crippen LogP contribution < -0.4 is 10.2 Å². The van der Waals surface area contributed by atoms with E-state index in [4.69, 9.17) is 0 Å². The fraction of sp³-hybridized carbons (Fsp3) is 0.211. The number of hydrogen-bond donors (Lipinski definition) is 1. The molecule has 3 rings (SSSR count). The first-order valence-corrected chi connectivity index (χ1v) is 9.00. The maximum Gasteiger partial charge on any atom is 0.321 e. The minimum Gasteiger partial charge on any atom is -0.338 e. The highest BCUT2D eigenvalue weighted by Gasteiger charge is 2.34. The van der Waals surface area contributed by atoms with Crippen molar-refractivity contribution in [1.29, 1.82) is 0 Å². The van der Waals surface area contributed by atoms with E-state index in [2.05, 4.69) is 21.2 Å². The summed E-state index contributed by atoms with van der Waals surface area (Å²) in [5, 5.41) is 2.80. The van der Waals surface area contributed by atoms with Gasteiger partial charge in [0.2, 0.25) is 0 Å². The number of benzene rings is 2. The van der Waals surface area contributed by atoms with Crippen LogP contribution in [0.25, 0.3) is 0 Å². The number of nitrogens with one attached hydrogen (secondary N) is 1. The van der Waals surface area contributed by atoms with E-state index in [9.17, 15) is 14.4 Å². The third-order valence-electron chi connectivity index (χ3n) is 4.22. The van der Waals surface area contributed by atoms with Crippen LogP contribution in [0, 0.1) is 0 Å². The van der Waals surface area contributed by atoms with Gasteiger partial charge in [-0.1, -0.05) is 34.1 Å². The molecule has 0 radical (unpaired) electrons. The number of imide groups is 1. The number of para-hydroxylation sites is 1. The zero-order valence-electron chi connectivity index (χ0n) is 14.2. The number of nitrogens with zero attached hydrogens (tertiary/aromatic N) is 2. The molecule has 0 bridgehead atoms. The molecule has 4 amide bonds. The first-order chi connectivity index (χ1) is 12.5. The molecule has 134 valence electrons. The number of urea groups is 1. The van der Waals surface area contributed by atoms with Gasteiger partial charge < -0.3 is 5.32 Å². The number of anilines is 1. The van der Waals surface area contributed by atoms with Gasteiger partial charge in [-0.3, -0.25) is 19.4 Å². The summed E-state index contributed by atoms with van der Waals surface area (Å²) in [6.07, 6.45) is 0.487. The van der Waals surface area contributed by atoms with E-state index in [-0.39, 0.29) is 24.4 Å². The molecule has 26 heavy (non-hydrogen) atoms. The van der Waals surface area contributed by atoms with Gasteiger partial charge in [-0.25, -0.2) is 4.79 Å². The average Bonchev–Trinajstić information content (AvgIpc) is 2.89.